The second-order valence-electron chi connectivity index (χ2n) is 4.36. The van der Waals surface area contributed by atoms with E-state index >= 15 is 0 Å². The minimum absolute atomic E-state index is 0. The number of hydrogen-bond donors (Lipinski definition) is 0. The second kappa shape index (κ2) is 7.70. The second-order valence-corrected chi connectivity index (χ2v) is 4.36. The maximum atomic E-state index is 11.6. The third-order valence-electron chi connectivity index (χ3n) is 3.07. The molecule has 1 unspecified atom stereocenters. The summed E-state index contributed by atoms with van der Waals surface area (Å²) in [6, 6.07) is 9.98. The van der Waals surface area contributed by atoms with Crippen LogP contribution in [0.4, 0.5) is 0 Å². The SMILES string of the molecule is COC(=O)C1CN(Cc2ccccc2)CC=C1[O-].[Na+]. The molecule has 1 aliphatic heterocycles. The summed E-state index contributed by atoms with van der Waals surface area (Å²) >= 11 is 0. The molecule has 2 rings (SSSR count). The average molecular weight is 269 g/mol. The number of methoxy groups -OCH3 is 1. The van der Waals surface area contributed by atoms with Gasteiger partial charge in [-0.1, -0.05) is 36.4 Å². The van der Waals surface area contributed by atoms with E-state index in [0.717, 1.165) is 6.54 Å². The fraction of sp³-hybridized carbons (Fsp3) is 0.357. The van der Waals surface area contributed by atoms with Gasteiger partial charge < -0.3 is 9.84 Å². The van der Waals surface area contributed by atoms with Gasteiger partial charge >= 0.3 is 35.5 Å². The van der Waals surface area contributed by atoms with Crippen molar-refractivity contribution in [2.75, 3.05) is 20.2 Å². The van der Waals surface area contributed by atoms with Gasteiger partial charge in [0.2, 0.25) is 0 Å². The van der Waals surface area contributed by atoms with Gasteiger partial charge in [0, 0.05) is 19.6 Å². The van der Waals surface area contributed by atoms with Crippen molar-refractivity contribution in [3.8, 4) is 0 Å². The Morgan fingerprint density at radius 2 is 2.11 bits per heavy atom. The fourth-order valence-electron chi connectivity index (χ4n) is 2.09. The number of carbonyl (C=O) groups is 1. The van der Waals surface area contributed by atoms with Crippen molar-refractivity contribution in [3.63, 3.8) is 0 Å². The minimum atomic E-state index is -0.674. The molecule has 1 heterocycles. The minimum Gasteiger partial charge on any atom is -0.875 e. The number of nitrogens with zero attached hydrogens (tertiary/aromatic N) is 1. The van der Waals surface area contributed by atoms with Crippen LogP contribution in [0, 0.1) is 5.92 Å². The molecule has 1 aromatic rings. The first-order valence-corrected chi connectivity index (χ1v) is 5.92. The molecule has 0 saturated carbocycles. The van der Waals surface area contributed by atoms with Crippen LogP contribution in [-0.2, 0) is 16.1 Å². The Morgan fingerprint density at radius 1 is 1.42 bits per heavy atom. The van der Waals surface area contributed by atoms with E-state index < -0.39 is 11.9 Å². The van der Waals surface area contributed by atoms with Crippen LogP contribution < -0.4 is 34.7 Å². The number of ether oxygens (including phenoxy) is 1. The Balaban J connectivity index is 0.00000180. The largest absolute Gasteiger partial charge is 1.00 e. The van der Waals surface area contributed by atoms with E-state index in [0.29, 0.717) is 13.1 Å². The Kier molecular flexibility index (Phi) is 6.58. The molecule has 0 aromatic heterocycles. The number of hydrogen-bond acceptors (Lipinski definition) is 4. The summed E-state index contributed by atoms with van der Waals surface area (Å²) in [6.07, 6.45) is 1.56. The monoisotopic (exact) mass is 269 g/mol. The van der Waals surface area contributed by atoms with E-state index in [1.165, 1.54) is 12.7 Å². The van der Waals surface area contributed by atoms with Crippen molar-refractivity contribution < 1.29 is 44.2 Å². The van der Waals surface area contributed by atoms with Gasteiger partial charge in [-0.3, -0.25) is 9.69 Å². The van der Waals surface area contributed by atoms with E-state index in [1.54, 1.807) is 6.08 Å². The van der Waals surface area contributed by atoms with E-state index in [-0.39, 0.29) is 35.3 Å². The van der Waals surface area contributed by atoms with Crippen molar-refractivity contribution in [1.29, 1.82) is 0 Å². The van der Waals surface area contributed by atoms with Crippen LogP contribution in [0.3, 0.4) is 0 Å². The molecule has 0 saturated heterocycles. The summed E-state index contributed by atoms with van der Waals surface area (Å²) in [5.74, 6) is -1.26. The maximum absolute atomic E-state index is 11.6. The standard InChI is InChI=1S/C14H17NO3.Na/c1-18-14(17)12-10-15(8-7-13(12)16)9-11-5-3-2-4-6-11;/h2-7,12,16H,8-10H2,1H3;/q;+1/p-1. The molecular formula is C14H16NNaO3. The first kappa shape index (κ1) is 16.2. The van der Waals surface area contributed by atoms with E-state index in [9.17, 15) is 9.90 Å². The zero-order valence-corrected chi connectivity index (χ0v) is 13.3. The first-order chi connectivity index (χ1) is 8.70. The number of rotatable bonds is 3. The van der Waals surface area contributed by atoms with E-state index in [1.807, 2.05) is 30.3 Å². The topological polar surface area (TPSA) is 52.6 Å². The average Bonchev–Trinajstić information content (AvgIpc) is 2.41. The van der Waals surface area contributed by atoms with Crippen LogP contribution in [0.5, 0.6) is 0 Å². The van der Waals surface area contributed by atoms with Gasteiger partial charge in [-0.25, -0.2) is 0 Å². The Bertz CT molecular complexity index is 447. The van der Waals surface area contributed by atoms with Crippen LogP contribution >= 0.6 is 0 Å². The number of carbonyl (C=O) groups excluding carboxylic acids is 1. The number of esters is 1. The van der Waals surface area contributed by atoms with Crippen molar-refractivity contribution in [1.82, 2.24) is 4.90 Å². The predicted molar refractivity (Wildman–Crippen MR) is 65.3 cm³/mol. The number of benzene rings is 1. The zero-order chi connectivity index (χ0) is 13.0. The fourth-order valence-corrected chi connectivity index (χ4v) is 2.09. The maximum Gasteiger partial charge on any atom is 1.00 e. The molecule has 96 valence electrons. The quantitative estimate of drug-likeness (QED) is 0.451. The van der Waals surface area contributed by atoms with Crippen molar-refractivity contribution in [2.24, 2.45) is 5.92 Å². The van der Waals surface area contributed by atoms with E-state index in [4.69, 9.17) is 0 Å². The smallest absolute Gasteiger partial charge is 0.875 e. The van der Waals surface area contributed by atoms with Gasteiger partial charge in [0.15, 0.2) is 0 Å². The van der Waals surface area contributed by atoms with Crippen molar-refractivity contribution in [3.05, 3.63) is 47.7 Å². The first-order valence-electron chi connectivity index (χ1n) is 5.92. The Hall–Kier alpha value is -0.810. The summed E-state index contributed by atoms with van der Waals surface area (Å²) in [7, 11) is 1.31. The van der Waals surface area contributed by atoms with Gasteiger partial charge in [0.1, 0.15) is 0 Å². The van der Waals surface area contributed by atoms with Crippen LogP contribution in [-0.4, -0.2) is 31.1 Å². The van der Waals surface area contributed by atoms with Gasteiger partial charge in [-0.2, -0.15) is 0 Å². The molecule has 1 aliphatic rings. The molecular weight excluding hydrogens is 253 g/mol. The summed E-state index contributed by atoms with van der Waals surface area (Å²) in [6.45, 7) is 1.75. The Labute approximate surface area is 135 Å². The molecule has 0 spiro atoms. The molecule has 0 amide bonds. The van der Waals surface area contributed by atoms with Crippen molar-refractivity contribution in [2.45, 2.75) is 6.54 Å². The van der Waals surface area contributed by atoms with E-state index in [2.05, 4.69) is 9.64 Å². The van der Waals surface area contributed by atoms with Crippen LogP contribution in [0.25, 0.3) is 0 Å². The van der Waals surface area contributed by atoms with Crippen LogP contribution in [0.2, 0.25) is 0 Å². The normalized spacial score (nSPS) is 19.2. The summed E-state index contributed by atoms with van der Waals surface area (Å²) in [4.78, 5) is 13.6. The van der Waals surface area contributed by atoms with Gasteiger partial charge in [0.25, 0.3) is 0 Å². The molecule has 0 N–H and O–H groups in total. The van der Waals surface area contributed by atoms with Gasteiger partial charge in [-0.15, -0.1) is 5.76 Å². The zero-order valence-electron chi connectivity index (χ0n) is 11.3. The molecule has 0 fully saturated rings. The molecule has 4 nitrogen and oxygen atoms in total. The van der Waals surface area contributed by atoms with Gasteiger partial charge in [-0.05, 0) is 5.56 Å². The molecule has 1 atom stereocenters. The molecule has 0 aliphatic carbocycles. The summed E-state index contributed by atoms with van der Waals surface area (Å²) in [5.41, 5.74) is 1.17. The third kappa shape index (κ3) is 4.35. The molecule has 1 aromatic carbocycles. The predicted octanol–water partition coefficient (Wildman–Crippen LogP) is -2.46. The Morgan fingerprint density at radius 3 is 2.74 bits per heavy atom. The third-order valence-corrected chi connectivity index (χ3v) is 3.07. The molecule has 19 heavy (non-hydrogen) atoms. The van der Waals surface area contributed by atoms with Gasteiger partial charge in [0.05, 0.1) is 13.0 Å². The molecule has 0 radical (unpaired) electrons. The summed E-state index contributed by atoms with van der Waals surface area (Å²) < 4.78 is 4.65. The van der Waals surface area contributed by atoms with Crippen LogP contribution in [0.15, 0.2) is 42.2 Å². The molecule has 5 heteroatoms. The summed E-state index contributed by atoms with van der Waals surface area (Å²) in [5, 5.41) is 11.6. The van der Waals surface area contributed by atoms with Crippen molar-refractivity contribution >= 4 is 5.97 Å². The van der Waals surface area contributed by atoms with Crippen LogP contribution in [0.1, 0.15) is 5.56 Å². The molecule has 0 bridgehead atoms.